The first-order chi connectivity index (χ1) is 19.7. The van der Waals surface area contributed by atoms with Gasteiger partial charge < -0.3 is 15.2 Å². The van der Waals surface area contributed by atoms with Crippen LogP contribution in [0.1, 0.15) is 141 Å². The van der Waals surface area contributed by atoms with Gasteiger partial charge in [-0.1, -0.05) is 129 Å². The molecule has 2 N–H and O–H groups in total. The molecule has 40 heavy (non-hydrogen) atoms. The summed E-state index contributed by atoms with van der Waals surface area (Å²) in [4.78, 5) is 5.86. The van der Waals surface area contributed by atoms with Gasteiger partial charge in [-0.05, 0) is 49.4 Å². The molecule has 0 saturated heterocycles. The van der Waals surface area contributed by atoms with Gasteiger partial charge in [0.2, 0.25) is 0 Å². The highest BCUT2D eigenvalue weighted by molar-refractivity contribution is 5.86. The summed E-state index contributed by atoms with van der Waals surface area (Å²) >= 11 is 0. The lowest BCUT2D eigenvalue weighted by Gasteiger charge is -2.23. The Morgan fingerprint density at radius 3 is 1.93 bits per heavy atom. The SMILES string of the molecule is C=CCN(CCC)c1ccc2[nH]cc(CCNC(=C)CCCCCCCCCCCCCCCCCCC)c2c1. The predicted octanol–water partition coefficient (Wildman–Crippen LogP) is 11.3. The predicted molar refractivity (Wildman–Crippen MR) is 181 cm³/mol. The molecule has 0 aliphatic carbocycles. The Bertz CT molecular complexity index is 911. The van der Waals surface area contributed by atoms with E-state index in [4.69, 9.17) is 0 Å². The number of unbranched alkanes of at least 4 members (excludes halogenated alkanes) is 16. The van der Waals surface area contributed by atoms with Crippen LogP contribution in [0.4, 0.5) is 5.69 Å². The Morgan fingerprint density at radius 2 is 1.38 bits per heavy atom. The first-order valence-electron chi connectivity index (χ1n) is 17.1. The van der Waals surface area contributed by atoms with Crippen molar-refractivity contribution in [3.63, 3.8) is 0 Å². The van der Waals surface area contributed by atoms with Crippen LogP contribution in [0.3, 0.4) is 0 Å². The van der Waals surface area contributed by atoms with Crippen LogP contribution >= 0.6 is 0 Å². The first-order valence-corrected chi connectivity index (χ1v) is 17.1. The molecule has 226 valence electrons. The van der Waals surface area contributed by atoms with Crippen molar-refractivity contribution in [3.05, 3.63) is 54.9 Å². The number of H-pyrrole nitrogens is 1. The Labute approximate surface area is 248 Å². The highest BCUT2D eigenvalue weighted by atomic mass is 15.1. The highest BCUT2D eigenvalue weighted by Gasteiger charge is 2.09. The van der Waals surface area contributed by atoms with Crippen LogP contribution in [0.25, 0.3) is 10.9 Å². The topological polar surface area (TPSA) is 31.1 Å². The molecule has 1 aromatic carbocycles. The lowest BCUT2D eigenvalue weighted by atomic mass is 10.0. The molecule has 0 spiro atoms. The van der Waals surface area contributed by atoms with Crippen LogP contribution < -0.4 is 10.2 Å². The van der Waals surface area contributed by atoms with Crippen LogP contribution in [0.2, 0.25) is 0 Å². The van der Waals surface area contributed by atoms with Gasteiger partial charge in [0.15, 0.2) is 0 Å². The van der Waals surface area contributed by atoms with Crippen molar-refractivity contribution in [2.75, 3.05) is 24.5 Å². The fourth-order valence-corrected chi connectivity index (χ4v) is 5.85. The molecule has 2 aromatic rings. The number of fused-ring (bicyclic) bond motifs is 1. The van der Waals surface area contributed by atoms with Crippen LogP contribution in [0.15, 0.2) is 49.3 Å². The summed E-state index contributed by atoms with van der Waals surface area (Å²) in [7, 11) is 0. The Hall–Kier alpha value is -2.16. The largest absolute Gasteiger partial charge is 0.388 e. The van der Waals surface area contributed by atoms with Crippen molar-refractivity contribution in [1.29, 1.82) is 0 Å². The molecule has 0 amide bonds. The third kappa shape index (κ3) is 14.5. The van der Waals surface area contributed by atoms with E-state index in [2.05, 4.69) is 66.6 Å². The van der Waals surface area contributed by atoms with Gasteiger partial charge in [-0.2, -0.15) is 0 Å². The van der Waals surface area contributed by atoms with Crippen LogP contribution in [-0.4, -0.2) is 24.6 Å². The van der Waals surface area contributed by atoms with E-state index in [1.54, 1.807) is 0 Å². The number of allylic oxidation sites excluding steroid dienone is 1. The van der Waals surface area contributed by atoms with Crippen molar-refractivity contribution in [2.24, 2.45) is 0 Å². The van der Waals surface area contributed by atoms with Gasteiger partial charge in [0, 0.05) is 48.1 Å². The minimum absolute atomic E-state index is 0.889. The number of nitrogens with one attached hydrogen (secondary N) is 2. The van der Waals surface area contributed by atoms with Crippen molar-refractivity contribution < 1.29 is 0 Å². The quantitative estimate of drug-likeness (QED) is 0.0857. The maximum atomic E-state index is 4.29. The molecule has 1 aromatic heterocycles. The summed E-state index contributed by atoms with van der Waals surface area (Å²) in [5.74, 6) is 0. The number of aromatic nitrogens is 1. The zero-order valence-corrected chi connectivity index (χ0v) is 26.5. The van der Waals surface area contributed by atoms with Crippen LogP contribution in [-0.2, 0) is 6.42 Å². The fourth-order valence-electron chi connectivity index (χ4n) is 5.85. The first kappa shape index (κ1) is 34.0. The summed E-state index contributed by atoms with van der Waals surface area (Å²) in [6.45, 7) is 15.6. The molecule has 0 aliphatic rings. The molecular formula is C37H63N3. The third-order valence-electron chi connectivity index (χ3n) is 8.31. The van der Waals surface area contributed by atoms with E-state index in [1.807, 2.05) is 6.08 Å². The van der Waals surface area contributed by atoms with Crippen LogP contribution in [0, 0.1) is 0 Å². The minimum atomic E-state index is 0.889. The summed E-state index contributed by atoms with van der Waals surface area (Å²) in [5, 5.41) is 4.92. The molecule has 0 aliphatic heterocycles. The van der Waals surface area contributed by atoms with Gasteiger partial charge in [-0.25, -0.2) is 0 Å². The maximum Gasteiger partial charge on any atom is 0.0458 e. The second kappa shape index (κ2) is 22.5. The second-order valence-electron chi connectivity index (χ2n) is 12.0. The number of rotatable bonds is 27. The van der Waals surface area contributed by atoms with Gasteiger partial charge in [0.05, 0.1) is 0 Å². The van der Waals surface area contributed by atoms with E-state index in [-0.39, 0.29) is 0 Å². The Kier molecular flexibility index (Phi) is 19.2. The number of benzene rings is 1. The van der Waals surface area contributed by atoms with E-state index in [0.717, 1.165) is 38.9 Å². The van der Waals surface area contributed by atoms with Gasteiger partial charge in [-0.3, -0.25) is 0 Å². The van der Waals surface area contributed by atoms with E-state index in [0.29, 0.717) is 0 Å². The molecule has 3 heteroatoms. The standard InChI is InChI=1S/C37H63N3/c1-5-8-9-10-11-12-13-14-15-16-17-18-19-20-21-22-23-24-33(4)38-28-27-34-32-39-37-26-25-35(31-36(34)37)40(29-6-2)30-7-3/h6,25-26,31-32,38-39H,2,4-5,7-24,27-30H2,1,3H3. The van der Waals surface area contributed by atoms with E-state index < -0.39 is 0 Å². The monoisotopic (exact) mass is 550 g/mol. The lowest BCUT2D eigenvalue weighted by Crippen LogP contribution is -2.23. The van der Waals surface area contributed by atoms with E-state index in [9.17, 15) is 0 Å². The molecule has 2 rings (SSSR count). The second-order valence-corrected chi connectivity index (χ2v) is 12.0. The van der Waals surface area contributed by atoms with Crippen molar-refractivity contribution in [3.8, 4) is 0 Å². The molecule has 0 saturated carbocycles. The Balaban J connectivity index is 1.47. The summed E-state index contributed by atoms with van der Waals surface area (Å²) in [6, 6.07) is 6.78. The number of aromatic amines is 1. The van der Waals surface area contributed by atoms with Gasteiger partial charge >= 0.3 is 0 Å². The minimum Gasteiger partial charge on any atom is -0.388 e. The highest BCUT2D eigenvalue weighted by Crippen LogP contribution is 2.25. The zero-order chi connectivity index (χ0) is 28.7. The maximum absolute atomic E-state index is 4.29. The molecule has 3 nitrogen and oxygen atoms in total. The smallest absolute Gasteiger partial charge is 0.0458 e. The molecule has 0 fully saturated rings. The summed E-state index contributed by atoms with van der Waals surface area (Å²) in [5.41, 5.74) is 5.08. The van der Waals surface area contributed by atoms with Gasteiger partial charge in [0.1, 0.15) is 0 Å². The average molecular weight is 550 g/mol. The molecule has 0 bridgehead atoms. The lowest BCUT2D eigenvalue weighted by molar-refractivity contribution is 0.526. The molecular weight excluding hydrogens is 486 g/mol. The number of hydrogen-bond donors (Lipinski definition) is 2. The average Bonchev–Trinajstić information content (AvgIpc) is 3.36. The van der Waals surface area contributed by atoms with Crippen molar-refractivity contribution in [2.45, 2.75) is 142 Å². The normalized spacial score (nSPS) is 11.2. The summed E-state index contributed by atoms with van der Waals surface area (Å²) in [6.07, 6.45) is 31.6. The third-order valence-corrected chi connectivity index (χ3v) is 8.31. The van der Waals surface area contributed by atoms with Gasteiger partial charge in [0.25, 0.3) is 0 Å². The van der Waals surface area contributed by atoms with Crippen LogP contribution in [0.5, 0.6) is 0 Å². The number of hydrogen-bond acceptors (Lipinski definition) is 2. The van der Waals surface area contributed by atoms with E-state index in [1.165, 1.54) is 137 Å². The molecule has 0 atom stereocenters. The Morgan fingerprint density at radius 1 is 0.800 bits per heavy atom. The molecule has 0 unspecified atom stereocenters. The van der Waals surface area contributed by atoms with E-state index >= 15 is 0 Å². The fraction of sp³-hybridized carbons (Fsp3) is 0.676. The zero-order valence-electron chi connectivity index (χ0n) is 26.5. The number of anilines is 1. The van der Waals surface area contributed by atoms with Crippen molar-refractivity contribution >= 4 is 16.6 Å². The molecule has 1 heterocycles. The number of nitrogens with zero attached hydrogens (tertiary/aromatic N) is 1. The summed E-state index contributed by atoms with van der Waals surface area (Å²) < 4.78 is 0. The van der Waals surface area contributed by atoms with Gasteiger partial charge in [-0.15, -0.1) is 6.58 Å². The molecule has 0 radical (unpaired) electrons. The van der Waals surface area contributed by atoms with Crippen molar-refractivity contribution in [1.82, 2.24) is 10.3 Å².